The quantitative estimate of drug-likeness (QED) is 0.663. The number of nitrogens with zero attached hydrogens (tertiary/aromatic N) is 3. The van der Waals surface area contributed by atoms with E-state index in [0.717, 1.165) is 0 Å². The first kappa shape index (κ1) is 22.3. The van der Waals surface area contributed by atoms with Crippen molar-refractivity contribution in [2.24, 2.45) is 17.8 Å². The molecular weight excluding hydrogens is 427 g/mol. The van der Waals surface area contributed by atoms with Crippen LogP contribution < -0.4 is 9.47 Å². The van der Waals surface area contributed by atoms with E-state index in [1.165, 1.54) is 13.3 Å². The maximum absolute atomic E-state index is 12.8. The van der Waals surface area contributed by atoms with Crippen LogP contribution >= 0.6 is 0 Å². The molecule has 0 spiro atoms. The third-order valence-corrected chi connectivity index (χ3v) is 6.27. The van der Waals surface area contributed by atoms with Gasteiger partial charge in [-0.25, -0.2) is 4.98 Å². The van der Waals surface area contributed by atoms with Gasteiger partial charge in [0.1, 0.15) is 5.75 Å². The molecule has 2 aromatic rings. The van der Waals surface area contributed by atoms with E-state index >= 15 is 0 Å². The molecule has 0 aromatic carbocycles. The van der Waals surface area contributed by atoms with E-state index in [1.54, 1.807) is 18.2 Å². The molecule has 2 aliphatic carbocycles. The van der Waals surface area contributed by atoms with Crippen LogP contribution in [0, 0.1) is 17.8 Å². The topological polar surface area (TPSA) is 94.4 Å². The van der Waals surface area contributed by atoms with Crippen LogP contribution in [0.4, 0.5) is 13.2 Å². The van der Waals surface area contributed by atoms with Gasteiger partial charge in [-0.05, 0) is 50.2 Å². The molecule has 0 aliphatic heterocycles. The lowest BCUT2D eigenvalue weighted by molar-refractivity contribution is -0.184. The number of rotatable bonds is 7. The van der Waals surface area contributed by atoms with E-state index in [1.807, 2.05) is 0 Å². The fourth-order valence-corrected chi connectivity index (χ4v) is 4.25. The molecule has 32 heavy (non-hydrogen) atoms. The second-order valence-corrected chi connectivity index (χ2v) is 8.42. The van der Waals surface area contributed by atoms with Gasteiger partial charge in [0, 0.05) is 17.5 Å². The van der Waals surface area contributed by atoms with Crippen molar-refractivity contribution in [3.05, 3.63) is 30.1 Å². The Hall–Kier alpha value is -2.91. The van der Waals surface area contributed by atoms with Crippen LogP contribution in [0.1, 0.15) is 43.7 Å². The van der Waals surface area contributed by atoms with Gasteiger partial charge in [0.15, 0.2) is 0 Å². The van der Waals surface area contributed by atoms with Gasteiger partial charge in [-0.1, -0.05) is 0 Å². The second kappa shape index (κ2) is 8.91. The average molecular weight is 451 g/mol. The van der Waals surface area contributed by atoms with Gasteiger partial charge in [-0.15, -0.1) is 5.10 Å². The molecule has 1 N–H and O–H groups in total. The standard InChI is InChI=1S/C22H24F3N3O4/c1-31-18-7-6-17(27-20(18)15-9-16(15)21(29)30)13-8-19(28-26-10-13)32-11-12-2-4-14(5-3-12)22(23,24)25/h6-8,10,12,14-16H,2-5,9,11H2,1H3,(H,29,30). The molecule has 2 unspecified atom stereocenters. The minimum atomic E-state index is -4.12. The number of carboxylic acids is 1. The lowest BCUT2D eigenvalue weighted by Gasteiger charge is -2.29. The molecule has 2 saturated carbocycles. The highest BCUT2D eigenvalue weighted by atomic mass is 19.4. The molecule has 10 heteroatoms. The first-order valence-corrected chi connectivity index (χ1v) is 10.6. The molecule has 2 atom stereocenters. The number of hydrogen-bond donors (Lipinski definition) is 1. The highest BCUT2D eigenvalue weighted by molar-refractivity contribution is 5.75. The number of ether oxygens (including phenoxy) is 2. The van der Waals surface area contributed by atoms with E-state index < -0.39 is 24.0 Å². The molecule has 0 saturated heterocycles. The van der Waals surface area contributed by atoms with Gasteiger partial charge in [-0.3, -0.25) is 4.79 Å². The van der Waals surface area contributed by atoms with Crippen molar-refractivity contribution in [1.82, 2.24) is 15.2 Å². The van der Waals surface area contributed by atoms with Gasteiger partial charge in [0.25, 0.3) is 0 Å². The average Bonchev–Trinajstić information content (AvgIpc) is 3.58. The highest BCUT2D eigenvalue weighted by Gasteiger charge is 2.47. The number of carboxylic acid groups (broad SMARTS) is 1. The maximum Gasteiger partial charge on any atom is 0.391 e. The van der Waals surface area contributed by atoms with E-state index in [2.05, 4.69) is 15.2 Å². The number of aliphatic carboxylic acids is 1. The van der Waals surface area contributed by atoms with Crippen molar-refractivity contribution in [1.29, 1.82) is 0 Å². The van der Waals surface area contributed by atoms with E-state index in [0.29, 0.717) is 42.0 Å². The zero-order valence-electron chi connectivity index (χ0n) is 17.5. The van der Waals surface area contributed by atoms with Gasteiger partial charge in [-0.2, -0.15) is 18.3 Å². The number of methoxy groups -OCH3 is 1. The Morgan fingerprint density at radius 1 is 1.22 bits per heavy atom. The maximum atomic E-state index is 12.8. The Morgan fingerprint density at radius 3 is 2.59 bits per heavy atom. The van der Waals surface area contributed by atoms with Crippen molar-refractivity contribution in [2.45, 2.75) is 44.2 Å². The summed E-state index contributed by atoms with van der Waals surface area (Å²) >= 11 is 0. The molecule has 2 aromatic heterocycles. The molecular formula is C22H24F3N3O4. The molecule has 2 fully saturated rings. The summed E-state index contributed by atoms with van der Waals surface area (Å²) in [4.78, 5) is 15.9. The number of aromatic nitrogens is 3. The summed E-state index contributed by atoms with van der Waals surface area (Å²) in [5.74, 6) is -1.87. The summed E-state index contributed by atoms with van der Waals surface area (Å²) in [5.41, 5.74) is 1.83. The summed E-state index contributed by atoms with van der Waals surface area (Å²) in [6, 6.07) is 5.17. The van der Waals surface area contributed by atoms with Gasteiger partial charge >= 0.3 is 12.1 Å². The number of pyridine rings is 1. The fraction of sp³-hybridized carbons (Fsp3) is 0.545. The molecule has 7 nitrogen and oxygen atoms in total. The molecule has 0 amide bonds. The molecule has 172 valence electrons. The Balaban J connectivity index is 1.42. The predicted octanol–water partition coefficient (Wildman–Crippen LogP) is 4.48. The van der Waals surface area contributed by atoms with Crippen LogP contribution in [0.25, 0.3) is 11.3 Å². The lowest BCUT2D eigenvalue weighted by atomic mass is 9.82. The van der Waals surface area contributed by atoms with Crippen molar-refractivity contribution >= 4 is 5.97 Å². The van der Waals surface area contributed by atoms with Crippen molar-refractivity contribution in [3.63, 3.8) is 0 Å². The van der Waals surface area contributed by atoms with E-state index in [4.69, 9.17) is 9.47 Å². The van der Waals surface area contributed by atoms with Crippen molar-refractivity contribution in [2.75, 3.05) is 13.7 Å². The third kappa shape index (κ3) is 4.94. The zero-order valence-corrected chi connectivity index (χ0v) is 17.5. The monoisotopic (exact) mass is 451 g/mol. The van der Waals surface area contributed by atoms with Crippen LogP contribution in [0.5, 0.6) is 11.6 Å². The summed E-state index contributed by atoms with van der Waals surface area (Å²) in [5, 5.41) is 17.1. The Kier molecular flexibility index (Phi) is 6.21. The first-order chi connectivity index (χ1) is 15.3. The highest BCUT2D eigenvalue weighted by Crippen LogP contribution is 2.50. The number of carbonyl (C=O) groups is 1. The van der Waals surface area contributed by atoms with Crippen LogP contribution in [0.2, 0.25) is 0 Å². The Labute approximate surface area is 183 Å². The smallest absolute Gasteiger partial charge is 0.391 e. The normalized spacial score (nSPS) is 25.2. The minimum absolute atomic E-state index is 0.0487. The molecule has 2 aliphatic rings. The third-order valence-electron chi connectivity index (χ3n) is 6.27. The fourth-order valence-electron chi connectivity index (χ4n) is 4.25. The van der Waals surface area contributed by atoms with Crippen LogP contribution in [-0.2, 0) is 4.79 Å². The Morgan fingerprint density at radius 2 is 1.97 bits per heavy atom. The molecule has 0 bridgehead atoms. The summed E-state index contributed by atoms with van der Waals surface area (Å²) < 4.78 is 49.5. The largest absolute Gasteiger partial charge is 0.495 e. The van der Waals surface area contributed by atoms with Gasteiger partial charge in [0.05, 0.1) is 43.1 Å². The van der Waals surface area contributed by atoms with Crippen molar-refractivity contribution < 1.29 is 32.5 Å². The minimum Gasteiger partial charge on any atom is -0.495 e. The number of alkyl halides is 3. The van der Waals surface area contributed by atoms with Gasteiger partial charge < -0.3 is 14.6 Å². The van der Waals surface area contributed by atoms with E-state index in [-0.39, 0.29) is 37.2 Å². The molecule has 0 radical (unpaired) electrons. The summed E-state index contributed by atoms with van der Waals surface area (Å²) in [6.07, 6.45) is -0.899. The summed E-state index contributed by atoms with van der Waals surface area (Å²) in [6.45, 7) is 0.284. The van der Waals surface area contributed by atoms with Crippen LogP contribution in [0.3, 0.4) is 0 Å². The number of hydrogen-bond acceptors (Lipinski definition) is 6. The number of halogens is 3. The van der Waals surface area contributed by atoms with Crippen molar-refractivity contribution in [3.8, 4) is 22.9 Å². The summed E-state index contributed by atoms with van der Waals surface area (Å²) in [7, 11) is 1.51. The first-order valence-electron chi connectivity index (χ1n) is 10.6. The molecule has 4 rings (SSSR count). The predicted molar refractivity (Wildman–Crippen MR) is 107 cm³/mol. The molecule has 2 heterocycles. The van der Waals surface area contributed by atoms with Gasteiger partial charge in [0.2, 0.25) is 5.88 Å². The lowest BCUT2D eigenvalue weighted by Crippen LogP contribution is -2.29. The van der Waals surface area contributed by atoms with Crippen LogP contribution in [-0.4, -0.2) is 46.2 Å². The van der Waals surface area contributed by atoms with E-state index in [9.17, 15) is 23.1 Å². The Bertz CT molecular complexity index is 977. The van der Waals surface area contributed by atoms with Crippen LogP contribution in [0.15, 0.2) is 24.4 Å². The SMILES string of the molecule is COc1ccc(-c2cnnc(OCC3CCC(C(F)(F)F)CC3)c2)nc1C1CC1C(=O)O. The second-order valence-electron chi connectivity index (χ2n) is 8.42. The zero-order chi connectivity index (χ0) is 22.9.